The van der Waals surface area contributed by atoms with Gasteiger partial charge >= 0.3 is 0 Å². The molecule has 0 aromatic carbocycles. The van der Waals surface area contributed by atoms with Crippen LogP contribution in [0.1, 0.15) is 32.6 Å². The van der Waals surface area contributed by atoms with Crippen molar-refractivity contribution in [2.24, 2.45) is 0 Å². The molecular weight excluding hydrogens is 272 g/mol. The fourth-order valence-corrected chi connectivity index (χ4v) is 3.64. The van der Waals surface area contributed by atoms with Gasteiger partial charge < -0.3 is 5.32 Å². The van der Waals surface area contributed by atoms with E-state index in [1.807, 2.05) is 13.0 Å². The Morgan fingerprint density at radius 1 is 1.39 bits per heavy atom. The third kappa shape index (κ3) is 4.58. The Kier molecular flexibility index (Phi) is 6.01. The molecule has 0 aliphatic heterocycles. The monoisotopic (exact) mass is 288 g/mol. The molecule has 100 valence electrons. The van der Waals surface area contributed by atoms with Crippen molar-refractivity contribution in [1.82, 2.24) is 10.2 Å². The summed E-state index contributed by atoms with van der Waals surface area (Å²) < 4.78 is 23.8. The Balaban J connectivity index is 2.56. The summed E-state index contributed by atoms with van der Waals surface area (Å²) in [6, 6.07) is 1.99. The summed E-state index contributed by atoms with van der Waals surface area (Å²) in [4.78, 5) is 0. The lowest BCUT2D eigenvalue weighted by Crippen LogP contribution is -2.06. The van der Waals surface area contributed by atoms with Gasteiger partial charge in [-0.15, -0.1) is 10.2 Å². The van der Waals surface area contributed by atoms with Gasteiger partial charge in [-0.1, -0.05) is 18.3 Å². The lowest BCUT2D eigenvalue weighted by molar-refractivity contribution is 0.590. The lowest BCUT2D eigenvalue weighted by atomic mass is 10.3. The second-order valence-electron chi connectivity index (χ2n) is 3.73. The second-order valence-corrected chi connectivity index (χ2v) is 6.99. The van der Waals surface area contributed by atoms with E-state index in [2.05, 4.69) is 15.5 Å². The van der Waals surface area contributed by atoms with Gasteiger partial charge in [0.1, 0.15) is 0 Å². The van der Waals surface area contributed by atoms with Crippen molar-refractivity contribution in [2.75, 3.05) is 17.6 Å². The van der Waals surface area contributed by atoms with Crippen LogP contribution in [0.4, 0.5) is 5.13 Å². The number of rotatable bonds is 8. The van der Waals surface area contributed by atoms with E-state index in [-0.39, 0.29) is 10.1 Å². The average Bonchev–Trinajstić information content (AvgIpc) is 2.81. The Bertz CT molecular complexity index is 504. The van der Waals surface area contributed by atoms with Crippen LogP contribution in [0, 0.1) is 11.3 Å². The molecule has 1 N–H and O–H groups in total. The van der Waals surface area contributed by atoms with E-state index in [0.29, 0.717) is 24.4 Å². The first-order valence-electron chi connectivity index (χ1n) is 5.77. The van der Waals surface area contributed by atoms with Crippen molar-refractivity contribution >= 4 is 26.3 Å². The van der Waals surface area contributed by atoms with E-state index in [0.717, 1.165) is 24.3 Å². The third-order valence-corrected chi connectivity index (χ3v) is 5.28. The number of anilines is 1. The van der Waals surface area contributed by atoms with Gasteiger partial charge in [-0.25, -0.2) is 8.42 Å². The normalized spacial score (nSPS) is 11.1. The van der Waals surface area contributed by atoms with E-state index in [1.54, 1.807) is 0 Å². The van der Waals surface area contributed by atoms with E-state index in [9.17, 15) is 8.42 Å². The highest BCUT2D eigenvalue weighted by molar-refractivity contribution is 7.93. The molecule has 0 fully saturated rings. The summed E-state index contributed by atoms with van der Waals surface area (Å²) in [5.74, 6) is 0.0249. The van der Waals surface area contributed by atoms with Crippen LogP contribution < -0.4 is 5.32 Å². The predicted octanol–water partition coefficient (Wildman–Crippen LogP) is 1.83. The topological polar surface area (TPSA) is 95.7 Å². The summed E-state index contributed by atoms with van der Waals surface area (Å²) in [6.07, 6.45) is 2.40. The molecule has 1 aromatic heterocycles. The molecule has 0 aliphatic rings. The van der Waals surface area contributed by atoms with Crippen LogP contribution >= 0.6 is 11.3 Å². The molecule has 0 unspecified atom stereocenters. The molecule has 0 saturated carbocycles. The number of hydrogen-bond donors (Lipinski definition) is 1. The van der Waals surface area contributed by atoms with Crippen molar-refractivity contribution in [3.63, 3.8) is 0 Å². The fraction of sp³-hybridized carbons (Fsp3) is 0.700. The molecule has 1 heterocycles. The van der Waals surface area contributed by atoms with Crippen molar-refractivity contribution in [2.45, 2.75) is 36.9 Å². The highest BCUT2D eigenvalue weighted by Gasteiger charge is 2.19. The average molecular weight is 288 g/mol. The number of sulfone groups is 1. The lowest BCUT2D eigenvalue weighted by Gasteiger charge is -1.98. The molecule has 0 spiro atoms. The van der Waals surface area contributed by atoms with Crippen molar-refractivity contribution in [1.29, 1.82) is 5.26 Å². The Morgan fingerprint density at radius 3 is 2.83 bits per heavy atom. The van der Waals surface area contributed by atoms with Crippen LogP contribution in [0.2, 0.25) is 0 Å². The number of hydrogen-bond acceptors (Lipinski definition) is 7. The second kappa shape index (κ2) is 7.28. The molecule has 0 aliphatic carbocycles. The fourth-order valence-electron chi connectivity index (χ4n) is 1.22. The summed E-state index contributed by atoms with van der Waals surface area (Å²) in [6.45, 7) is 2.76. The SMILES string of the molecule is CCCNc1nnc(S(=O)(=O)CCCCC#N)s1. The first kappa shape index (κ1) is 14.9. The van der Waals surface area contributed by atoms with E-state index < -0.39 is 9.84 Å². The largest absolute Gasteiger partial charge is 0.360 e. The van der Waals surface area contributed by atoms with Crippen LogP contribution in [0.5, 0.6) is 0 Å². The maximum Gasteiger partial charge on any atom is 0.234 e. The Hall–Kier alpha value is -1.20. The van der Waals surface area contributed by atoms with Crippen molar-refractivity contribution in [3.05, 3.63) is 0 Å². The predicted molar refractivity (Wildman–Crippen MR) is 70.2 cm³/mol. The molecule has 6 nitrogen and oxygen atoms in total. The molecule has 0 amide bonds. The molecule has 0 saturated heterocycles. The molecule has 1 aromatic rings. The maximum absolute atomic E-state index is 11.9. The molecule has 0 bridgehead atoms. The van der Waals surface area contributed by atoms with Crippen LogP contribution in [-0.2, 0) is 9.84 Å². The van der Waals surface area contributed by atoms with Crippen LogP contribution in [-0.4, -0.2) is 30.9 Å². The Labute approximate surface area is 111 Å². The van der Waals surface area contributed by atoms with Gasteiger partial charge in [0.15, 0.2) is 0 Å². The number of nitrogens with zero attached hydrogens (tertiary/aromatic N) is 3. The van der Waals surface area contributed by atoms with Crippen LogP contribution in [0.3, 0.4) is 0 Å². The zero-order chi connectivity index (χ0) is 13.4. The number of nitriles is 1. The zero-order valence-electron chi connectivity index (χ0n) is 10.2. The maximum atomic E-state index is 11.9. The van der Waals surface area contributed by atoms with Gasteiger partial charge in [0, 0.05) is 13.0 Å². The summed E-state index contributed by atoms with van der Waals surface area (Å²) in [5.41, 5.74) is 0. The first-order chi connectivity index (χ1) is 8.60. The minimum absolute atomic E-state index is 0.0249. The van der Waals surface area contributed by atoms with E-state index >= 15 is 0 Å². The van der Waals surface area contributed by atoms with Gasteiger partial charge in [0.25, 0.3) is 0 Å². The van der Waals surface area contributed by atoms with E-state index in [4.69, 9.17) is 5.26 Å². The number of aromatic nitrogens is 2. The Morgan fingerprint density at radius 2 is 2.17 bits per heavy atom. The van der Waals surface area contributed by atoms with E-state index in [1.165, 1.54) is 0 Å². The molecule has 18 heavy (non-hydrogen) atoms. The minimum Gasteiger partial charge on any atom is -0.360 e. The molecule has 1 rings (SSSR count). The van der Waals surface area contributed by atoms with Gasteiger partial charge in [0.05, 0.1) is 11.8 Å². The van der Waals surface area contributed by atoms with Gasteiger partial charge in [0.2, 0.25) is 19.3 Å². The standard InChI is InChI=1S/C10H16N4O2S2/c1-2-7-12-9-13-14-10(17-9)18(15,16)8-5-3-4-6-11/h2-5,7-8H2,1H3,(H,12,13). The molecular formula is C10H16N4O2S2. The quantitative estimate of drug-likeness (QED) is 0.733. The first-order valence-corrected chi connectivity index (χ1v) is 8.24. The summed E-state index contributed by atoms with van der Waals surface area (Å²) in [7, 11) is -3.35. The third-order valence-electron chi connectivity index (χ3n) is 2.15. The highest BCUT2D eigenvalue weighted by Crippen LogP contribution is 2.21. The van der Waals surface area contributed by atoms with Crippen LogP contribution in [0.15, 0.2) is 4.34 Å². The van der Waals surface area contributed by atoms with Crippen LogP contribution in [0.25, 0.3) is 0 Å². The minimum atomic E-state index is -3.35. The number of unbranched alkanes of at least 4 members (excludes halogenated alkanes) is 2. The van der Waals surface area contributed by atoms with Gasteiger partial charge in [-0.3, -0.25) is 0 Å². The zero-order valence-corrected chi connectivity index (χ0v) is 11.9. The highest BCUT2D eigenvalue weighted by atomic mass is 32.2. The summed E-state index contributed by atoms with van der Waals surface area (Å²) >= 11 is 1.06. The van der Waals surface area contributed by atoms with Gasteiger partial charge in [-0.2, -0.15) is 5.26 Å². The summed E-state index contributed by atoms with van der Waals surface area (Å²) in [5, 5.41) is 19.4. The van der Waals surface area contributed by atoms with Crippen molar-refractivity contribution < 1.29 is 8.42 Å². The molecule has 0 atom stereocenters. The van der Waals surface area contributed by atoms with Gasteiger partial charge in [-0.05, 0) is 19.3 Å². The number of nitrogens with one attached hydrogen (secondary N) is 1. The molecule has 8 heteroatoms. The van der Waals surface area contributed by atoms with Crippen molar-refractivity contribution in [3.8, 4) is 6.07 Å². The molecule has 0 radical (unpaired) electrons. The smallest absolute Gasteiger partial charge is 0.234 e.